The van der Waals surface area contributed by atoms with Crippen molar-refractivity contribution in [1.29, 1.82) is 0 Å². The van der Waals surface area contributed by atoms with Gasteiger partial charge < -0.3 is 14.7 Å². The number of hydrogen-bond donors (Lipinski definition) is 1. The normalized spacial score (nSPS) is 17.6. The molecule has 0 aliphatic carbocycles. The Hall–Kier alpha value is -3.09. The number of phenolic OH excluding ortho intramolecular Hbond substituents is 1. The molecular formula is C26H26N2O3S. The lowest BCUT2D eigenvalue weighted by Gasteiger charge is -2.36. The van der Waals surface area contributed by atoms with E-state index in [1.54, 1.807) is 17.4 Å². The van der Waals surface area contributed by atoms with Crippen molar-refractivity contribution in [3.63, 3.8) is 0 Å². The Morgan fingerprint density at radius 3 is 2.50 bits per heavy atom. The van der Waals surface area contributed by atoms with E-state index in [-0.39, 0.29) is 11.5 Å². The largest absolute Gasteiger partial charge is 0.507 e. The maximum absolute atomic E-state index is 13.1. The van der Waals surface area contributed by atoms with Crippen LogP contribution in [0.3, 0.4) is 0 Å². The van der Waals surface area contributed by atoms with Crippen LogP contribution in [0.1, 0.15) is 31.9 Å². The fourth-order valence-electron chi connectivity index (χ4n) is 4.41. The van der Waals surface area contributed by atoms with Crippen molar-refractivity contribution >= 4 is 28.9 Å². The number of para-hydroxylation sites is 1. The first kappa shape index (κ1) is 20.8. The first-order chi connectivity index (χ1) is 15.5. The Kier molecular flexibility index (Phi) is 5.49. The summed E-state index contributed by atoms with van der Waals surface area (Å²) in [5.74, 6) is 0.918. The van der Waals surface area contributed by atoms with E-state index in [0.29, 0.717) is 29.2 Å². The molecule has 0 unspecified atom stereocenters. The Labute approximate surface area is 192 Å². The van der Waals surface area contributed by atoms with Crippen LogP contribution in [0.25, 0.3) is 6.08 Å². The average Bonchev–Trinajstić information content (AvgIpc) is 3.35. The number of benzene rings is 2. The summed E-state index contributed by atoms with van der Waals surface area (Å²) in [4.78, 5) is 18.8. The topological polar surface area (TPSA) is 53.0 Å². The molecule has 5 rings (SSSR count). The molecule has 0 radical (unpaired) electrons. The van der Waals surface area contributed by atoms with Crippen molar-refractivity contribution in [1.82, 2.24) is 4.90 Å². The molecule has 1 N–H and O–H groups in total. The minimum absolute atomic E-state index is 0.111. The van der Waals surface area contributed by atoms with Crippen molar-refractivity contribution < 1.29 is 14.6 Å². The number of aryl methyl sites for hydroxylation is 2. The molecule has 164 valence electrons. The zero-order valence-electron chi connectivity index (χ0n) is 18.3. The summed E-state index contributed by atoms with van der Waals surface area (Å²) in [7, 11) is 0. The van der Waals surface area contributed by atoms with Crippen LogP contribution in [-0.2, 0) is 6.54 Å². The first-order valence-electron chi connectivity index (χ1n) is 10.9. The fourth-order valence-corrected chi connectivity index (χ4v) is 5.26. The predicted octanol–water partition coefficient (Wildman–Crippen LogP) is 5.01. The molecule has 0 bridgehead atoms. The number of allylic oxidation sites excluding steroid dienone is 1. The van der Waals surface area contributed by atoms with Crippen LogP contribution in [0.4, 0.5) is 5.69 Å². The minimum atomic E-state index is -0.111. The fraction of sp³-hybridized carbons (Fsp3) is 0.269. The minimum Gasteiger partial charge on any atom is -0.507 e. The van der Waals surface area contributed by atoms with Crippen LogP contribution in [0.5, 0.6) is 11.5 Å². The number of rotatable bonds is 4. The number of hydrogen-bond acceptors (Lipinski definition) is 6. The molecule has 32 heavy (non-hydrogen) atoms. The smallest absolute Gasteiger partial charge is 0.232 e. The highest BCUT2D eigenvalue weighted by Crippen LogP contribution is 2.42. The molecule has 6 heteroatoms. The van der Waals surface area contributed by atoms with E-state index in [4.69, 9.17) is 4.74 Å². The highest BCUT2D eigenvalue weighted by Gasteiger charge is 2.34. The van der Waals surface area contributed by atoms with E-state index in [1.165, 1.54) is 5.69 Å². The molecule has 0 spiro atoms. The summed E-state index contributed by atoms with van der Waals surface area (Å²) in [6.07, 6.45) is 1.82. The number of ether oxygens (including phenoxy) is 1. The van der Waals surface area contributed by atoms with Gasteiger partial charge in [0, 0.05) is 49.4 Å². The van der Waals surface area contributed by atoms with Crippen LogP contribution in [0.15, 0.2) is 53.6 Å². The van der Waals surface area contributed by atoms with Gasteiger partial charge in [-0.25, -0.2) is 0 Å². The zero-order chi connectivity index (χ0) is 22.2. The van der Waals surface area contributed by atoms with Gasteiger partial charge in [-0.1, -0.05) is 18.2 Å². The Balaban J connectivity index is 1.37. The van der Waals surface area contributed by atoms with Crippen molar-refractivity contribution in [2.45, 2.75) is 20.4 Å². The third kappa shape index (κ3) is 3.80. The van der Waals surface area contributed by atoms with Gasteiger partial charge in [0.1, 0.15) is 11.5 Å². The van der Waals surface area contributed by atoms with Gasteiger partial charge in [-0.2, -0.15) is 0 Å². The predicted molar refractivity (Wildman–Crippen MR) is 129 cm³/mol. The molecular weight excluding hydrogens is 420 g/mol. The van der Waals surface area contributed by atoms with Crippen molar-refractivity contribution in [2.75, 3.05) is 31.1 Å². The van der Waals surface area contributed by atoms with Crippen molar-refractivity contribution in [2.24, 2.45) is 0 Å². The summed E-state index contributed by atoms with van der Waals surface area (Å²) in [6, 6.07) is 14.1. The van der Waals surface area contributed by atoms with Gasteiger partial charge in [0.05, 0.1) is 11.1 Å². The molecule has 3 aromatic rings. The van der Waals surface area contributed by atoms with Crippen molar-refractivity contribution in [3.05, 3.63) is 80.7 Å². The molecule has 1 aromatic heterocycles. The number of carbonyl (C=O) groups is 1. The number of piperazine rings is 1. The number of phenols is 1. The Morgan fingerprint density at radius 2 is 1.81 bits per heavy atom. The molecule has 1 fully saturated rings. The standard InChI is InChI=1S/C26H26N2O3S/c1-17-8-13-32-23(17)15-22-25(30)24-18(2)14-21(29)20(26(24)31-22)16-27-9-11-28(12-10-27)19-6-4-3-5-7-19/h3-8,13-15,29H,9-12,16H2,1-2H3/b22-15-. The maximum atomic E-state index is 13.1. The average molecular weight is 447 g/mol. The zero-order valence-corrected chi connectivity index (χ0v) is 19.1. The third-order valence-electron chi connectivity index (χ3n) is 6.26. The quantitative estimate of drug-likeness (QED) is 0.571. The van der Waals surface area contributed by atoms with E-state index in [9.17, 15) is 9.90 Å². The summed E-state index contributed by atoms with van der Waals surface area (Å²) in [6.45, 7) is 8.01. The van der Waals surface area contributed by atoms with Crippen LogP contribution >= 0.6 is 11.3 Å². The molecule has 1 saturated heterocycles. The lowest BCUT2D eigenvalue weighted by atomic mass is 9.99. The number of thiophene rings is 1. The second kappa shape index (κ2) is 8.45. The lowest BCUT2D eigenvalue weighted by molar-refractivity contribution is 0.101. The summed E-state index contributed by atoms with van der Waals surface area (Å²) in [5, 5.41) is 12.7. The van der Waals surface area contributed by atoms with Gasteiger partial charge in [0.2, 0.25) is 5.78 Å². The lowest BCUT2D eigenvalue weighted by Crippen LogP contribution is -2.46. The second-order valence-electron chi connectivity index (χ2n) is 8.40. The van der Waals surface area contributed by atoms with Gasteiger partial charge in [0.15, 0.2) is 5.76 Å². The van der Waals surface area contributed by atoms with E-state index in [0.717, 1.165) is 42.2 Å². The summed E-state index contributed by atoms with van der Waals surface area (Å²) < 4.78 is 6.09. The molecule has 3 heterocycles. The highest BCUT2D eigenvalue weighted by molar-refractivity contribution is 7.11. The van der Waals surface area contributed by atoms with Crippen LogP contribution in [0, 0.1) is 13.8 Å². The number of carbonyl (C=O) groups excluding carboxylic acids is 1. The Bertz CT molecular complexity index is 1190. The second-order valence-corrected chi connectivity index (χ2v) is 9.35. The molecule has 0 atom stereocenters. The monoisotopic (exact) mass is 446 g/mol. The van der Waals surface area contributed by atoms with Gasteiger partial charge in [-0.15, -0.1) is 11.3 Å². The highest BCUT2D eigenvalue weighted by atomic mass is 32.1. The number of nitrogens with zero attached hydrogens (tertiary/aromatic N) is 2. The van der Waals surface area contributed by atoms with Gasteiger partial charge >= 0.3 is 0 Å². The molecule has 0 saturated carbocycles. The van der Waals surface area contributed by atoms with Gasteiger partial charge in [-0.3, -0.25) is 9.69 Å². The SMILES string of the molecule is Cc1ccsc1/C=C1\Oc2c(CN3CCN(c4ccccc4)CC3)c(O)cc(C)c2C1=O. The molecule has 2 aromatic carbocycles. The molecule has 2 aliphatic rings. The van der Waals surface area contributed by atoms with Gasteiger partial charge in [-0.05, 0) is 54.6 Å². The maximum Gasteiger partial charge on any atom is 0.232 e. The van der Waals surface area contributed by atoms with E-state index < -0.39 is 0 Å². The molecule has 0 amide bonds. The molecule has 2 aliphatic heterocycles. The third-order valence-corrected chi connectivity index (χ3v) is 7.23. The van der Waals surface area contributed by atoms with E-state index >= 15 is 0 Å². The van der Waals surface area contributed by atoms with Crippen LogP contribution in [0.2, 0.25) is 0 Å². The van der Waals surface area contributed by atoms with Crippen LogP contribution in [-0.4, -0.2) is 42.0 Å². The number of Topliss-reactive ketones (excluding diaryl/α,β-unsaturated/α-hetero) is 1. The van der Waals surface area contributed by atoms with Crippen molar-refractivity contribution in [3.8, 4) is 11.5 Å². The summed E-state index contributed by atoms with van der Waals surface area (Å²) in [5.41, 5.74) is 4.36. The molecule has 5 nitrogen and oxygen atoms in total. The van der Waals surface area contributed by atoms with Crippen LogP contribution < -0.4 is 9.64 Å². The Morgan fingerprint density at radius 1 is 1.06 bits per heavy atom. The number of anilines is 1. The van der Waals surface area contributed by atoms with Gasteiger partial charge in [0.25, 0.3) is 0 Å². The number of ketones is 1. The number of fused-ring (bicyclic) bond motifs is 1. The first-order valence-corrected chi connectivity index (χ1v) is 11.8. The van der Waals surface area contributed by atoms with E-state index in [2.05, 4.69) is 34.1 Å². The van der Waals surface area contributed by atoms with E-state index in [1.807, 2.05) is 37.4 Å². The number of aromatic hydroxyl groups is 1. The summed E-state index contributed by atoms with van der Waals surface area (Å²) >= 11 is 1.58.